The van der Waals surface area contributed by atoms with Crippen molar-refractivity contribution >= 4 is 39.9 Å². The van der Waals surface area contributed by atoms with Crippen molar-refractivity contribution in [2.45, 2.75) is 13.0 Å². The van der Waals surface area contributed by atoms with Crippen LogP contribution in [0.1, 0.15) is 34.6 Å². The van der Waals surface area contributed by atoms with Gasteiger partial charge >= 0.3 is 0 Å². The van der Waals surface area contributed by atoms with Gasteiger partial charge in [0.25, 0.3) is 11.6 Å². The van der Waals surface area contributed by atoms with Crippen LogP contribution in [-0.4, -0.2) is 17.4 Å². The van der Waals surface area contributed by atoms with Crippen molar-refractivity contribution in [3.8, 4) is 5.75 Å². The molecule has 0 bridgehead atoms. The van der Waals surface area contributed by atoms with Gasteiger partial charge in [0.1, 0.15) is 11.3 Å². The van der Waals surface area contributed by atoms with E-state index in [9.17, 15) is 19.7 Å². The number of halogens is 1. The third kappa shape index (κ3) is 3.48. The number of anilines is 1. The van der Waals surface area contributed by atoms with E-state index in [0.29, 0.717) is 28.6 Å². The molecule has 0 fully saturated rings. The second kappa shape index (κ2) is 8.31. The predicted octanol–water partition coefficient (Wildman–Crippen LogP) is 5.50. The van der Waals surface area contributed by atoms with Crippen molar-refractivity contribution in [1.82, 2.24) is 0 Å². The van der Waals surface area contributed by atoms with Gasteiger partial charge in [-0.2, -0.15) is 0 Å². The van der Waals surface area contributed by atoms with Gasteiger partial charge in [-0.1, -0.05) is 23.7 Å². The SMILES string of the molecule is CCOc1ccc(N2C(=O)c3oc4ccc(Cl)cc4c(=O)c3C2c2cccc([N+](=O)[O-])c2)cc1. The Labute approximate surface area is 198 Å². The van der Waals surface area contributed by atoms with Crippen LogP contribution in [0.25, 0.3) is 11.0 Å². The minimum absolute atomic E-state index is 0.106. The van der Waals surface area contributed by atoms with E-state index in [1.54, 1.807) is 36.4 Å². The highest BCUT2D eigenvalue weighted by Gasteiger charge is 2.44. The molecule has 0 radical (unpaired) electrons. The summed E-state index contributed by atoms with van der Waals surface area (Å²) < 4.78 is 11.4. The molecule has 8 nitrogen and oxygen atoms in total. The molecule has 4 aromatic rings. The summed E-state index contributed by atoms with van der Waals surface area (Å²) in [6.45, 7) is 2.35. The Bertz CT molecular complexity index is 1510. The highest BCUT2D eigenvalue weighted by Crippen LogP contribution is 2.42. The van der Waals surface area contributed by atoms with Crippen LogP contribution >= 0.6 is 11.6 Å². The zero-order chi connectivity index (χ0) is 24.0. The maximum atomic E-state index is 13.6. The molecule has 170 valence electrons. The summed E-state index contributed by atoms with van der Waals surface area (Å²) in [4.78, 5) is 39.5. The Hall–Kier alpha value is -4.17. The van der Waals surface area contributed by atoms with Crippen LogP contribution < -0.4 is 15.1 Å². The smallest absolute Gasteiger partial charge is 0.295 e. The average Bonchev–Trinajstić information content (AvgIpc) is 3.13. The molecule has 1 atom stereocenters. The molecule has 0 spiro atoms. The monoisotopic (exact) mass is 476 g/mol. The maximum absolute atomic E-state index is 13.6. The molecule has 1 aromatic heterocycles. The fourth-order valence-electron chi connectivity index (χ4n) is 4.20. The summed E-state index contributed by atoms with van der Waals surface area (Å²) in [6.07, 6.45) is 0. The number of rotatable bonds is 5. The molecule has 1 aliphatic heterocycles. The lowest BCUT2D eigenvalue weighted by atomic mass is 9.98. The normalized spacial score (nSPS) is 14.9. The molecule has 0 saturated carbocycles. The Morgan fingerprint density at radius 2 is 1.85 bits per heavy atom. The summed E-state index contributed by atoms with van der Waals surface area (Å²) in [5, 5.41) is 12.0. The van der Waals surface area contributed by atoms with Gasteiger partial charge in [-0.3, -0.25) is 24.6 Å². The predicted molar refractivity (Wildman–Crippen MR) is 127 cm³/mol. The third-order valence-corrected chi connectivity index (χ3v) is 5.89. The Kier molecular flexibility index (Phi) is 5.30. The van der Waals surface area contributed by atoms with Crippen molar-refractivity contribution in [3.63, 3.8) is 0 Å². The van der Waals surface area contributed by atoms with Crippen LogP contribution in [0, 0.1) is 10.1 Å². The quantitative estimate of drug-likeness (QED) is 0.278. The fraction of sp³-hybridized carbons (Fsp3) is 0.120. The van der Waals surface area contributed by atoms with Crippen LogP contribution in [0.5, 0.6) is 5.75 Å². The Morgan fingerprint density at radius 1 is 1.09 bits per heavy atom. The van der Waals surface area contributed by atoms with E-state index in [2.05, 4.69) is 0 Å². The third-order valence-electron chi connectivity index (χ3n) is 5.65. The second-order valence-corrected chi connectivity index (χ2v) is 8.11. The highest BCUT2D eigenvalue weighted by atomic mass is 35.5. The minimum atomic E-state index is -0.931. The zero-order valence-corrected chi connectivity index (χ0v) is 18.6. The molecule has 1 amide bonds. The van der Waals surface area contributed by atoms with Gasteiger partial charge < -0.3 is 9.15 Å². The summed E-state index contributed by atoms with van der Waals surface area (Å²) in [5.74, 6) is -0.00767. The lowest BCUT2D eigenvalue weighted by molar-refractivity contribution is -0.384. The maximum Gasteiger partial charge on any atom is 0.295 e. The van der Waals surface area contributed by atoms with Crippen LogP contribution in [0.2, 0.25) is 5.02 Å². The van der Waals surface area contributed by atoms with Gasteiger partial charge in [0.15, 0.2) is 5.43 Å². The summed E-state index contributed by atoms with van der Waals surface area (Å²) in [6, 6.07) is 16.3. The first kappa shape index (κ1) is 21.7. The molecule has 1 unspecified atom stereocenters. The number of benzene rings is 3. The van der Waals surface area contributed by atoms with Crippen molar-refractivity contribution in [1.29, 1.82) is 0 Å². The number of non-ortho nitro benzene ring substituents is 1. The van der Waals surface area contributed by atoms with Gasteiger partial charge in [-0.05, 0) is 55.0 Å². The number of nitro benzene ring substituents is 1. The van der Waals surface area contributed by atoms with E-state index in [1.807, 2.05) is 6.92 Å². The van der Waals surface area contributed by atoms with Gasteiger partial charge in [0.2, 0.25) is 5.76 Å². The second-order valence-electron chi connectivity index (χ2n) is 7.67. The van der Waals surface area contributed by atoms with E-state index in [0.717, 1.165) is 0 Å². The molecule has 34 heavy (non-hydrogen) atoms. The van der Waals surface area contributed by atoms with Crippen molar-refractivity contribution in [2.24, 2.45) is 0 Å². The standard InChI is InChI=1S/C25H17ClN2O6/c1-2-33-18-9-7-16(8-10-18)27-22(14-4-3-5-17(12-14)28(31)32)21-23(29)19-13-15(26)6-11-20(19)34-24(21)25(27)30/h3-13,22H,2H2,1H3. The van der Waals surface area contributed by atoms with Crippen LogP contribution in [0.3, 0.4) is 0 Å². The molecular formula is C25H17ClN2O6. The summed E-state index contributed by atoms with van der Waals surface area (Å²) in [7, 11) is 0. The highest BCUT2D eigenvalue weighted by molar-refractivity contribution is 6.31. The first-order valence-electron chi connectivity index (χ1n) is 10.5. The van der Waals surface area contributed by atoms with E-state index < -0.39 is 22.3 Å². The summed E-state index contributed by atoms with van der Waals surface area (Å²) >= 11 is 6.10. The molecule has 2 heterocycles. The number of ether oxygens (including phenoxy) is 1. The number of amides is 1. The first-order valence-corrected chi connectivity index (χ1v) is 10.8. The molecule has 5 rings (SSSR count). The van der Waals surface area contributed by atoms with E-state index >= 15 is 0 Å². The van der Waals surface area contributed by atoms with Gasteiger partial charge in [0.05, 0.1) is 28.5 Å². The lowest BCUT2D eigenvalue weighted by Crippen LogP contribution is -2.29. The van der Waals surface area contributed by atoms with E-state index in [1.165, 1.54) is 35.2 Å². The first-order chi connectivity index (χ1) is 16.4. The van der Waals surface area contributed by atoms with Crippen molar-refractivity contribution in [3.05, 3.63) is 109 Å². The van der Waals surface area contributed by atoms with Crippen molar-refractivity contribution in [2.75, 3.05) is 11.5 Å². The molecule has 0 saturated heterocycles. The van der Waals surface area contributed by atoms with E-state index in [-0.39, 0.29) is 28.0 Å². The molecular weight excluding hydrogens is 460 g/mol. The van der Waals surface area contributed by atoms with Crippen LogP contribution in [0.4, 0.5) is 11.4 Å². The number of hydrogen-bond donors (Lipinski definition) is 0. The average molecular weight is 477 g/mol. The number of carbonyl (C=O) groups excluding carboxylic acids is 1. The lowest BCUT2D eigenvalue weighted by Gasteiger charge is -2.25. The minimum Gasteiger partial charge on any atom is -0.494 e. The van der Waals surface area contributed by atoms with Gasteiger partial charge in [-0.15, -0.1) is 0 Å². The van der Waals surface area contributed by atoms with Crippen LogP contribution in [0.15, 0.2) is 75.9 Å². The summed E-state index contributed by atoms with van der Waals surface area (Å²) in [5.41, 5.74) is 0.652. The number of hydrogen-bond acceptors (Lipinski definition) is 6. The fourth-order valence-corrected chi connectivity index (χ4v) is 4.38. The molecule has 3 aromatic carbocycles. The Balaban J connectivity index is 1.76. The topological polar surface area (TPSA) is 103 Å². The zero-order valence-electron chi connectivity index (χ0n) is 17.9. The van der Waals surface area contributed by atoms with Gasteiger partial charge in [-0.25, -0.2) is 0 Å². The number of nitrogens with zero attached hydrogens (tertiary/aromatic N) is 2. The molecule has 0 aliphatic carbocycles. The number of nitro groups is 1. The largest absolute Gasteiger partial charge is 0.494 e. The molecule has 9 heteroatoms. The molecule has 0 N–H and O–H groups in total. The number of fused-ring (bicyclic) bond motifs is 2. The Morgan fingerprint density at radius 3 is 2.56 bits per heavy atom. The van der Waals surface area contributed by atoms with Crippen LogP contribution in [-0.2, 0) is 0 Å². The van der Waals surface area contributed by atoms with Crippen molar-refractivity contribution < 1.29 is 18.9 Å². The molecule has 1 aliphatic rings. The van der Waals surface area contributed by atoms with Gasteiger partial charge in [0, 0.05) is 22.8 Å². The van der Waals surface area contributed by atoms with E-state index in [4.69, 9.17) is 20.8 Å². The number of carbonyl (C=O) groups is 1.